The van der Waals surface area contributed by atoms with Gasteiger partial charge in [0.05, 0.1) is 0 Å². The van der Waals surface area contributed by atoms with E-state index in [1.807, 2.05) is 36.5 Å². The SMILES string of the molecule is CCCn1ccnc1SC(C(=O)NC1CC1)c1ccccc1. The third kappa shape index (κ3) is 3.71. The molecule has 0 saturated heterocycles. The molecule has 0 spiro atoms. The second kappa shape index (κ2) is 7.01. The van der Waals surface area contributed by atoms with E-state index in [0.29, 0.717) is 6.04 Å². The van der Waals surface area contributed by atoms with Crippen LogP contribution in [-0.4, -0.2) is 21.5 Å². The van der Waals surface area contributed by atoms with E-state index < -0.39 is 0 Å². The van der Waals surface area contributed by atoms with Crippen molar-refractivity contribution in [1.29, 1.82) is 0 Å². The van der Waals surface area contributed by atoms with Gasteiger partial charge in [0.1, 0.15) is 5.25 Å². The van der Waals surface area contributed by atoms with Gasteiger partial charge in [0.25, 0.3) is 0 Å². The van der Waals surface area contributed by atoms with Crippen molar-refractivity contribution in [2.24, 2.45) is 0 Å². The molecule has 1 aromatic heterocycles. The summed E-state index contributed by atoms with van der Waals surface area (Å²) in [5, 5.41) is 3.77. The summed E-state index contributed by atoms with van der Waals surface area (Å²) in [5.41, 5.74) is 1.02. The average molecular weight is 315 g/mol. The van der Waals surface area contributed by atoms with Crippen molar-refractivity contribution in [3.05, 3.63) is 48.3 Å². The highest BCUT2D eigenvalue weighted by molar-refractivity contribution is 8.00. The molecule has 1 unspecified atom stereocenters. The zero-order valence-corrected chi connectivity index (χ0v) is 13.6. The summed E-state index contributed by atoms with van der Waals surface area (Å²) in [5.74, 6) is 0.0877. The highest BCUT2D eigenvalue weighted by Crippen LogP contribution is 2.35. The molecular formula is C17H21N3OS. The lowest BCUT2D eigenvalue weighted by atomic mass is 10.1. The number of carbonyl (C=O) groups is 1. The second-order valence-corrected chi connectivity index (χ2v) is 6.67. The average Bonchev–Trinajstić information content (AvgIpc) is 3.24. The van der Waals surface area contributed by atoms with E-state index in [-0.39, 0.29) is 11.2 Å². The van der Waals surface area contributed by atoms with E-state index in [4.69, 9.17) is 0 Å². The Balaban J connectivity index is 1.81. The van der Waals surface area contributed by atoms with Gasteiger partial charge in [-0.3, -0.25) is 4.79 Å². The van der Waals surface area contributed by atoms with Crippen LogP contribution in [0.1, 0.15) is 37.0 Å². The molecule has 0 aliphatic heterocycles. The number of benzene rings is 1. The van der Waals surface area contributed by atoms with Crippen LogP contribution in [-0.2, 0) is 11.3 Å². The first-order chi connectivity index (χ1) is 10.8. The molecule has 1 N–H and O–H groups in total. The number of aromatic nitrogens is 2. The molecule has 0 radical (unpaired) electrons. The van der Waals surface area contributed by atoms with E-state index in [2.05, 4.69) is 21.8 Å². The van der Waals surface area contributed by atoms with Gasteiger partial charge in [0.15, 0.2) is 5.16 Å². The lowest BCUT2D eigenvalue weighted by Crippen LogP contribution is -2.29. The van der Waals surface area contributed by atoms with Crippen molar-refractivity contribution >= 4 is 17.7 Å². The molecule has 1 amide bonds. The molecular weight excluding hydrogens is 294 g/mol. The van der Waals surface area contributed by atoms with Crippen LogP contribution >= 0.6 is 11.8 Å². The fraction of sp³-hybridized carbons (Fsp3) is 0.412. The molecule has 3 rings (SSSR count). The number of imidazole rings is 1. The molecule has 1 atom stereocenters. The number of nitrogens with one attached hydrogen (secondary N) is 1. The van der Waals surface area contributed by atoms with Gasteiger partial charge >= 0.3 is 0 Å². The molecule has 5 heteroatoms. The lowest BCUT2D eigenvalue weighted by Gasteiger charge is -2.17. The Hall–Kier alpha value is -1.75. The zero-order valence-electron chi connectivity index (χ0n) is 12.7. The Bertz CT molecular complexity index is 622. The Kier molecular flexibility index (Phi) is 4.83. The molecule has 116 valence electrons. The third-order valence-electron chi connectivity index (χ3n) is 3.63. The number of rotatable bonds is 7. The van der Waals surface area contributed by atoms with Crippen LogP contribution in [0.5, 0.6) is 0 Å². The molecule has 1 heterocycles. The number of amides is 1. The molecule has 1 aromatic carbocycles. The van der Waals surface area contributed by atoms with Crippen LogP contribution < -0.4 is 5.32 Å². The smallest absolute Gasteiger partial charge is 0.238 e. The quantitative estimate of drug-likeness (QED) is 0.797. The van der Waals surface area contributed by atoms with Gasteiger partial charge in [-0.2, -0.15) is 0 Å². The van der Waals surface area contributed by atoms with Crippen LogP contribution in [0.25, 0.3) is 0 Å². The number of hydrogen-bond donors (Lipinski definition) is 1. The molecule has 1 aliphatic rings. The van der Waals surface area contributed by atoms with E-state index >= 15 is 0 Å². The van der Waals surface area contributed by atoms with Crippen molar-refractivity contribution in [2.75, 3.05) is 0 Å². The lowest BCUT2D eigenvalue weighted by molar-refractivity contribution is -0.120. The molecule has 2 aromatic rings. The highest BCUT2D eigenvalue weighted by atomic mass is 32.2. The fourth-order valence-corrected chi connectivity index (χ4v) is 3.42. The van der Waals surface area contributed by atoms with Crippen LogP contribution in [0.2, 0.25) is 0 Å². The Morgan fingerprint density at radius 1 is 1.41 bits per heavy atom. The van der Waals surface area contributed by atoms with Crippen LogP contribution in [0.3, 0.4) is 0 Å². The summed E-state index contributed by atoms with van der Waals surface area (Å²) in [6, 6.07) is 10.3. The number of nitrogens with zero attached hydrogens (tertiary/aromatic N) is 2. The summed E-state index contributed by atoms with van der Waals surface area (Å²) < 4.78 is 2.12. The maximum Gasteiger partial charge on any atom is 0.238 e. The van der Waals surface area contributed by atoms with Crippen LogP contribution in [0.4, 0.5) is 0 Å². The second-order valence-electron chi connectivity index (χ2n) is 5.59. The molecule has 1 fully saturated rings. The van der Waals surface area contributed by atoms with Gasteiger partial charge in [-0.15, -0.1) is 0 Å². The Morgan fingerprint density at radius 3 is 2.86 bits per heavy atom. The summed E-state index contributed by atoms with van der Waals surface area (Å²) in [6.45, 7) is 3.07. The summed E-state index contributed by atoms with van der Waals surface area (Å²) in [6.07, 6.45) is 7.03. The first-order valence-corrected chi connectivity index (χ1v) is 8.69. The Labute approximate surface area is 135 Å². The minimum absolute atomic E-state index is 0.0877. The van der Waals surface area contributed by atoms with Crippen molar-refractivity contribution in [2.45, 2.75) is 49.2 Å². The third-order valence-corrected chi connectivity index (χ3v) is 4.90. The topological polar surface area (TPSA) is 46.9 Å². The number of hydrogen-bond acceptors (Lipinski definition) is 3. The van der Waals surface area contributed by atoms with Crippen molar-refractivity contribution in [3.63, 3.8) is 0 Å². The zero-order chi connectivity index (χ0) is 15.4. The molecule has 1 aliphatic carbocycles. The maximum atomic E-state index is 12.6. The molecule has 1 saturated carbocycles. The monoisotopic (exact) mass is 315 g/mol. The van der Waals surface area contributed by atoms with Crippen molar-refractivity contribution < 1.29 is 4.79 Å². The Morgan fingerprint density at radius 2 is 2.18 bits per heavy atom. The van der Waals surface area contributed by atoms with E-state index in [1.54, 1.807) is 6.20 Å². The van der Waals surface area contributed by atoms with Crippen molar-refractivity contribution in [3.8, 4) is 0 Å². The number of thioether (sulfide) groups is 1. The predicted molar refractivity (Wildman–Crippen MR) is 88.7 cm³/mol. The largest absolute Gasteiger partial charge is 0.352 e. The molecule has 22 heavy (non-hydrogen) atoms. The van der Waals surface area contributed by atoms with Gasteiger partial charge in [-0.25, -0.2) is 4.98 Å². The number of aryl methyl sites for hydroxylation is 1. The van der Waals surface area contributed by atoms with Gasteiger partial charge in [-0.05, 0) is 24.8 Å². The van der Waals surface area contributed by atoms with Gasteiger partial charge in [0, 0.05) is 25.0 Å². The minimum atomic E-state index is -0.250. The van der Waals surface area contributed by atoms with E-state index in [9.17, 15) is 4.79 Å². The highest BCUT2D eigenvalue weighted by Gasteiger charge is 2.29. The maximum absolute atomic E-state index is 12.6. The number of carbonyl (C=O) groups excluding carboxylic acids is 1. The van der Waals surface area contributed by atoms with E-state index in [1.165, 1.54) is 11.8 Å². The van der Waals surface area contributed by atoms with Crippen LogP contribution in [0.15, 0.2) is 47.9 Å². The molecule has 4 nitrogen and oxygen atoms in total. The predicted octanol–water partition coefficient (Wildman–Crippen LogP) is 3.41. The summed E-state index contributed by atoms with van der Waals surface area (Å²) in [4.78, 5) is 17.0. The van der Waals surface area contributed by atoms with Gasteiger partial charge in [-0.1, -0.05) is 49.0 Å². The fourth-order valence-electron chi connectivity index (χ4n) is 2.34. The van der Waals surface area contributed by atoms with Gasteiger partial charge in [0.2, 0.25) is 5.91 Å². The molecule has 0 bridgehead atoms. The summed E-state index contributed by atoms with van der Waals surface area (Å²) >= 11 is 1.53. The first kappa shape index (κ1) is 15.2. The first-order valence-electron chi connectivity index (χ1n) is 7.81. The van der Waals surface area contributed by atoms with Crippen molar-refractivity contribution in [1.82, 2.24) is 14.9 Å². The van der Waals surface area contributed by atoms with E-state index in [0.717, 1.165) is 36.5 Å². The standard InChI is InChI=1S/C17H21N3OS/c1-2-11-20-12-10-18-17(20)22-15(13-6-4-3-5-7-13)16(21)19-14-8-9-14/h3-7,10,12,14-15H,2,8-9,11H2,1H3,(H,19,21). The minimum Gasteiger partial charge on any atom is -0.352 e. The van der Waals surface area contributed by atoms with Gasteiger partial charge < -0.3 is 9.88 Å². The normalized spacial score (nSPS) is 15.5. The summed E-state index contributed by atoms with van der Waals surface area (Å²) in [7, 11) is 0. The van der Waals surface area contributed by atoms with Crippen LogP contribution in [0, 0.1) is 0 Å².